The average molecular weight is 419 g/mol. The minimum atomic E-state index is -0.393. The average Bonchev–Trinajstić information content (AvgIpc) is 2.70. The van der Waals surface area contributed by atoms with Gasteiger partial charge in [-0.05, 0) is 72.2 Å². The maximum Gasteiger partial charge on any atom is 0.139 e. The molecule has 0 saturated carbocycles. The third-order valence-corrected chi connectivity index (χ3v) is 6.61. The van der Waals surface area contributed by atoms with Gasteiger partial charge in [0.15, 0.2) is 0 Å². The Morgan fingerprint density at radius 3 is 2.32 bits per heavy atom. The topological polar surface area (TPSA) is 17.1 Å². The summed E-state index contributed by atoms with van der Waals surface area (Å²) in [6.45, 7) is 12.6. The van der Waals surface area contributed by atoms with Gasteiger partial charge in [0.1, 0.15) is 11.6 Å². The van der Waals surface area contributed by atoms with Crippen molar-refractivity contribution in [1.29, 1.82) is 0 Å². The summed E-state index contributed by atoms with van der Waals surface area (Å²) in [6, 6.07) is 17.7. The second-order valence-electron chi connectivity index (χ2n) is 9.92. The molecule has 0 N–H and O–H groups in total. The van der Waals surface area contributed by atoms with Gasteiger partial charge in [0.2, 0.25) is 0 Å². The van der Waals surface area contributed by atoms with E-state index in [2.05, 4.69) is 52.8 Å². The Balaban J connectivity index is 1.91. The van der Waals surface area contributed by atoms with E-state index in [1.54, 1.807) is 6.07 Å². The van der Waals surface area contributed by atoms with Crippen molar-refractivity contribution in [3.63, 3.8) is 0 Å². The maximum absolute atomic E-state index is 14.4. The van der Waals surface area contributed by atoms with Gasteiger partial charge in [0, 0.05) is 17.2 Å². The van der Waals surface area contributed by atoms with Crippen LogP contribution in [0.15, 0.2) is 54.6 Å². The van der Waals surface area contributed by atoms with Crippen LogP contribution in [0.25, 0.3) is 10.8 Å². The maximum atomic E-state index is 14.4. The number of Topliss-reactive ketones (excluding diaryl/α,β-unsaturated/α-hetero) is 1. The van der Waals surface area contributed by atoms with Crippen LogP contribution < -0.4 is 0 Å². The number of carbonyl (C=O) groups excluding carboxylic acids is 1. The number of hydrogen-bond donors (Lipinski definition) is 0. The van der Waals surface area contributed by atoms with Crippen LogP contribution in [0.1, 0.15) is 68.7 Å². The van der Waals surface area contributed by atoms with Gasteiger partial charge < -0.3 is 0 Å². The van der Waals surface area contributed by atoms with Crippen LogP contribution in [0, 0.1) is 31.0 Å². The van der Waals surface area contributed by atoms with Crippen LogP contribution in [-0.2, 0) is 11.2 Å². The summed E-state index contributed by atoms with van der Waals surface area (Å²) in [6.07, 6.45) is 2.13. The molecule has 3 aromatic carbocycles. The first-order valence-electron chi connectivity index (χ1n) is 11.4. The first-order chi connectivity index (χ1) is 14.6. The Morgan fingerprint density at radius 2 is 1.68 bits per heavy atom. The summed E-state index contributed by atoms with van der Waals surface area (Å²) < 4.78 is 14.4. The molecule has 0 spiro atoms. The molecule has 0 amide bonds. The van der Waals surface area contributed by atoms with E-state index in [1.165, 1.54) is 11.6 Å². The highest BCUT2D eigenvalue weighted by molar-refractivity contribution is 5.91. The summed E-state index contributed by atoms with van der Waals surface area (Å²) in [5.41, 5.74) is 3.97. The van der Waals surface area contributed by atoms with E-state index >= 15 is 0 Å². The lowest BCUT2D eigenvalue weighted by atomic mass is 9.71. The number of benzene rings is 3. The molecule has 2 atom stereocenters. The number of hydrogen-bond acceptors (Lipinski definition) is 1. The number of fused-ring (bicyclic) bond motifs is 1. The van der Waals surface area contributed by atoms with Gasteiger partial charge in [-0.1, -0.05) is 76.2 Å². The predicted octanol–water partition coefficient (Wildman–Crippen LogP) is 7.95. The van der Waals surface area contributed by atoms with E-state index < -0.39 is 5.41 Å². The highest BCUT2D eigenvalue weighted by atomic mass is 19.1. The van der Waals surface area contributed by atoms with Crippen LogP contribution in [0.5, 0.6) is 0 Å². The van der Waals surface area contributed by atoms with E-state index in [-0.39, 0.29) is 11.7 Å². The molecule has 0 bridgehead atoms. The second kappa shape index (κ2) is 9.34. The van der Waals surface area contributed by atoms with Crippen molar-refractivity contribution in [2.45, 2.75) is 66.7 Å². The summed E-state index contributed by atoms with van der Waals surface area (Å²) in [5.74, 6) is 0.663. The normalized spacial score (nSPS) is 14.6. The van der Waals surface area contributed by atoms with Crippen LogP contribution in [0.3, 0.4) is 0 Å². The van der Waals surface area contributed by atoms with Crippen LogP contribution in [-0.4, -0.2) is 5.78 Å². The predicted molar refractivity (Wildman–Crippen MR) is 129 cm³/mol. The molecule has 1 nitrogen and oxygen atoms in total. The third-order valence-electron chi connectivity index (χ3n) is 6.61. The van der Waals surface area contributed by atoms with E-state index in [0.717, 1.165) is 34.9 Å². The molecule has 0 aliphatic rings. The van der Waals surface area contributed by atoms with Crippen molar-refractivity contribution in [3.05, 3.63) is 82.7 Å². The monoisotopic (exact) mass is 418 g/mol. The number of ketones is 1. The number of halogens is 1. The molecule has 0 fully saturated rings. The number of rotatable bonds is 8. The first kappa shape index (κ1) is 23.2. The molecule has 0 heterocycles. The molecular weight excluding hydrogens is 383 g/mol. The van der Waals surface area contributed by atoms with Crippen LogP contribution >= 0.6 is 0 Å². The SMILES string of the molecule is Cc1c(C(C)CC(=O)C(C)(Cc2ccccc2)CC(C)C)cc(C)c2c(F)cccc12. The third kappa shape index (κ3) is 5.06. The van der Waals surface area contributed by atoms with Crippen molar-refractivity contribution < 1.29 is 9.18 Å². The molecular formula is C29H35FO. The Kier molecular flexibility index (Phi) is 6.99. The van der Waals surface area contributed by atoms with Crippen LogP contribution in [0.4, 0.5) is 4.39 Å². The fraction of sp³-hybridized carbons (Fsp3) is 0.414. The Hall–Kier alpha value is -2.48. The fourth-order valence-corrected chi connectivity index (χ4v) is 5.18. The van der Waals surface area contributed by atoms with E-state index in [1.807, 2.05) is 31.2 Å². The molecule has 3 aromatic rings. The zero-order valence-electron chi connectivity index (χ0n) is 19.8. The second-order valence-corrected chi connectivity index (χ2v) is 9.92. The zero-order chi connectivity index (χ0) is 22.8. The smallest absolute Gasteiger partial charge is 0.139 e. The number of carbonyl (C=O) groups is 1. The molecule has 0 aliphatic carbocycles. The van der Waals surface area contributed by atoms with Crippen molar-refractivity contribution in [3.8, 4) is 0 Å². The highest BCUT2D eigenvalue weighted by Crippen LogP contribution is 2.37. The van der Waals surface area contributed by atoms with Gasteiger partial charge in [-0.2, -0.15) is 0 Å². The lowest BCUT2D eigenvalue weighted by Crippen LogP contribution is -2.33. The molecule has 0 radical (unpaired) electrons. The van der Waals surface area contributed by atoms with Crippen molar-refractivity contribution in [1.82, 2.24) is 0 Å². The Morgan fingerprint density at radius 1 is 1.00 bits per heavy atom. The quantitative estimate of drug-likeness (QED) is 0.363. The van der Waals surface area contributed by atoms with Crippen molar-refractivity contribution in [2.24, 2.45) is 11.3 Å². The zero-order valence-corrected chi connectivity index (χ0v) is 19.8. The van der Waals surface area contributed by atoms with Gasteiger partial charge in [-0.3, -0.25) is 4.79 Å². The number of aryl methyl sites for hydroxylation is 2. The van der Waals surface area contributed by atoms with E-state index in [9.17, 15) is 9.18 Å². The van der Waals surface area contributed by atoms with Gasteiger partial charge in [-0.15, -0.1) is 0 Å². The van der Waals surface area contributed by atoms with Crippen molar-refractivity contribution in [2.75, 3.05) is 0 Å². The standard InChI is InChI=1S/C29H35FO/c1-19(2)17-29(6,18-23-11-8-7-9-12-23)27(31)16-20(3)25-15-21(4)28-24(22(25)5)13-10-14-26(28)30/h7-15,19-20H,16-18H2,1-6H3. The summed E-state index contributed by atoms with van der Waals surface area (Å²) >= 11 is 0. The molecule has 0 aromatic heterocycles. The summed E-state index contributed by atoms with van der Waals surface area (Å²) in [4.78, 5) is 13.6. The lowest BCUT2D eigenvalue weighted by molar-refractivity contribution is -0.129. The molecule has 31 heavy (non-hydrogen) atoms. The molecule has 0 aliphatic heterocycles. The minimum absolute atomic E-state index is 0.0844. The molecule has 164 valence electrons. The van der Waals surface area contributed by atoms with Crippen molar-refractivity contribution >= 4 is 16.6 Å². The van der Waals surface area contributed by atoms with Gasteiger partial charge in [0.05, 0.1) is 0 Å². The van der Waals surface area contributed by atoms with Gasteiger partial charge >= 0.3 is 0 Å². The van der Waals surface area contributed by atoms with Gasteiger partial charge in [0.25, 0.3) is 0 Å². The van der Waals surface area contributed by atoms with Gasteiger partial charge in [-0.25, -0.2) is 4.39 Å². The first-order valence-corrected chi connectivity index (χ1v) is 11.4. The summed E-state index contributed by atoms with van der Waals surface area (Å²) in [5, 5.41) is 1.64. The fourth-order valence-electron chi connectivity index (χ4n) is 5.18. The Bertz CT molecular complexity index is 1070. The van der Waals surface area contributed by atoms with E-state index in [0.29, 0.717) is 23.5 Å². The molecule has 2 unspecified atom stereocenters. The highest BCUT2D eigenvalue weighted by Gasteiger charge is 2.35. The molecule has 3 rings (SSSR count). The van der Waals surface area contributed by atoms with Crippen LogP contribution in [0.2, 0.25) is 0 Å². The summed E-state index contributed by atoms with van der Waals surface area (Å²) in [7, 11) is 0. The molecule has 0 saturated heterocycles. The molecule has 2 heteroatoms. The largest absolute Gasteiger partial charge is 0.299 e. The minimum Gasteiger partial charge on any atom is -0.299 e. The lowest BCUT2D eigenvalue weighted by Gasteiger charge is -2.32. The van der Waals surface area contributed by atoms with E-state index in [4.69, 9.17) is 0 Å². The Labute approximate surface area is 186 Å².